The molecule has 0 aromatic carbocycles. The highest BCUT2D eigenvalue weighted by Crippen LogP contribution is 2.28. The van der Waals surface area contributed by atoms with Gasteiger partial charge in [0.1, 0.15) is 17.2 Å². The lowest BCUT2D eigenvalue weighted by Crippen LogP contribution is -2.17. The first-order valence-electron chi connectivity index (χ1n) is 5.99. The molecule has 0 fully saturated rings. The first-order chi connectivity index (χ1) is 7.86. The summed E-state index contributed by atoms with van der Waals surface area (Å²) in [5.41, 5.74) is 9.06. The van der Waals surface area contributed by atoms with E-state index in [-0.39, 0.29) is 5.41 Å². The molecule has 4 nitrogen and oxygen atoms in total. The average Bonchev–Trinajstić information content (AvgIpc) is 2.63. The molecule has 2 aromatic heterocycles. The zero-order valence-electron chi connectivity index (χ0n) is 11.2. The third-order valence-corrected chi connectivity index (χ3v) is 2.94. The highest BCUT2D eigenvalue weighted by molar-refractivity contribution is 5.70. The molecule has 0 radical (unpaired) electrons. The van der Waals surface area contributed by atoms with Crippen molar-refractivity contribution >= 4 is 11.3 Å². The number of nitrogens with zero attached hydrogens (tertiary/aromatic N) is 3. The van der Waals surface area contributed by atoms with E-state index < -0.39 is 0 Å². The Hall–Kier alpha value is -1.58. The van der Waals surface area contributed by atoms with Crippen molar-refractivity contribution in [3.63, 3.8) is 0 Å². The molecule has 2 N–H and O–H groups in total. The fourth-order valence-electron chi connectivity index (χ4n) is 2.10. The molecule has 2 rings (SSSR count). The van der Waals surface area contributed by atoms with Gasteiger partial charge in [-0.1, -0.05) is 27.7 Å². The number of hydrogen-bond donors (Lipinski definition) is 1. The van der Waals surface area contributed by atoms with Crippen LogP contribution in [-0.4, -0.2) is 14.4 Å². The fourth-order valence-corrected chi connectivity index (χ4v) is 2.10. The molecule has 2 aromatic rings. The van der Waals surface area contributed by atoms with Crippen molar-refractivity contribution in [3.05, 3.63) is 23.4 Å². The van der Waals surface area contributed by atoms with Gasteiger partial charge in [-0.3, -0.25) is 4.40 Å². The first kappa shape index (κ1) is 11.9. The highest BCUT2D eigenvalue weighted by atomic mass is 15.1. The van der Waals surface area contributed by atoms with E-state index in [0.29, 0.717) is 5.82 Å². The third kappa shape index (κ3) is 1.77. The number of nitrogen functional groups attached to an aromatic ring is 1. The van der Waals surface area contributed by atoms with Crippen molar-refractivity contribution in [2.75, 3.05) is 5.73 Å². The summed E-state index contributed by atoms with van der Waals surface area (Å²) in [6.45, 7) is 10.6. The van der Waals surface area contributed by atoms with Gasteiger partial charge in [0.2, 0.25) is 0 Å². The van der Waals surface area contributed by atoms with Crippen LogP contribution in [0, 0.1) is 6.92 Å². The maximum absolute atomic E-state index is 5.99. The van der Waals surface area contributed by atoms with Crippen molar-refractivity contribution in [1.29, 1.82) is 0 Å². The van der Waals surface area contributed by atoms with E-state index in [1.807, 2.05) is 6.92 Å². The summed E-state index contributed by atoms with van der Waals surface area (Å²) in [5.74, 6) is 1.62. The number of aryl methyl sites for hydroxylation is 2. The van der Waals surface area contributed by atoms with Gasteiger partial charge >= 0.3 is 0 Å². The molecule has 0 aliphatic heterocycles. The van der Waals surface area contributed by atoms with Crippen LogP contribution in [0.15, 0.2) is 6.20 Å². The summed E-state index contributed by atoms with van der Waals surface area (Å²) in [5, 5.41) is 0. The highest BCUT2D eigenvalue weighted by Gasteiger charge is 2.24. The molecule has 0 aliphatic rings. The molecular formula is C13H20N4. The van der Waals surface area contributed by atoms with Crippen LogP contribution in [0.3, 0.4) is 0 Å². The minimum atomic E-state index is -0.00507. The lowest BCUT2D eigenvalue weighted by molar-refractivity contribution is 0.539. The number of nitrogens with two attached hydrogens (primary N) is 1. The number of hydrogen-bond acceptors (Lipinski definition) is 3. The van der Waals surface area contributed by atoms with Crippen LogP contribution >= 0.6 is 0 Å². The Labute approximate surface area is 102 Å². The van der Waals surface area contributed by atoms with Gasteiger partial charge in [0.15, 0.2) is 0 Å². The molecule has 0 unspecified atom stereocenters. The summed E-state index contributed by atoms with van der Waals surface area (Å²) < 4.78 is 2.14. The van der Waals surface area contributed by atoms with Crippen LogP contribution in [0.5, 0.6) is 0 Å². The molecule has 0 saturated carbocycles. The number of fused-ring (bicyclic) bond motifs is 1. The molecule has 92 valence electrons. The molecule has 0 atom stereocenters. The molecular weight excluding hydrogens is 212 g/mol. The lowest BCUT2D eigenvalue weighted by atomic mass is 9.96. The summed E-state index contributed by atoms with van der Waals surface area (Å²) in [6.07, 6.45) is 2.67. The van der Waals surface area contributed by atoms with Gasteiger partial charge in [0.05, 0.1) is 5.69 Å². The molecule has 17 heavy (non-hydrogen) atoms. The third-order valence-electron chi connectivity index (χ3n) is 2.94. The minimum Gasteiger partial charge on any atom is -0.382 e. The van der Waals surface area contributed by atoms with E-state index in [4.69, 9.17) is 10.7 Å². The quantitative estimate of drug-likeness (QED) is 0.821. The summed E-state index contributed by atoms with van der Waals surface area (Å²) in [7, 11) is 0. The summed E-state index contributed by atoms with van der Waals surface area (Å²) in [6, 6.07) is 0. The monoisotopic (exact) mass is 232 g/mol. The lowest BCUT2D eigenvalue weighted by Gasteiger charge is -2.18. The second kappa shape index (κ2) is 3.72. The number of anilines is 1. The maximum Gasteiger partial charge on any atom is 0.149 e. The molecule has 2 heterocycles. The summed E-state index contributed by atoms with van der Waals surface area (Å²) >= 11 is 0. The largest absolute Gasteiger partial charge is 0.382 e. The van der Waals surface area contributed by atoms with Gasteiger partial charge in [-0.05, 0) is 13.3 Å². The number of aromatic nitrogens is 3. The van der Waals surface area contributed by atoms with Gasteiger partial charge in [0.25, 0.3) is 0 Å². The molecule has 0 amide bonds. The Bertz CT molecular complexity index is 561. The van der Waals surface area contributed by atoms with Crippen molar-refractivity contribution < 1.29 is 0 Å². The van der Waals surface area contributed by atoms with Crippen LogP contribution in [-0.2, 0) is 11.8 Å². The molecule has 0 bridgehead atoms. The Morgan fingerprint density at radius 1 is 1.35 bits per heavy atom. The summed E-state index contributed by atoms with van der Waals surface area (Å²) in [4.78, 5) is 8.97. The second-order valence-electron chi connectivity index (χ2n) is 5.45. The van der Waals surface area contributed by atoms with E-state index in [1.165, 1.54) is 0 Å². The van der Waals surface area contributed by atoms with E-state index in [9.17, 15) is 0 Å². The van der Waals surface area contributed by atoms with E-state index >= 15 is 0 Å². The van der Waals surface area contributed by atoms with Crippen LogP contribution in [0.2, 0.25) is 0 Å². The van der Waals surface area contributed by atoms with Crippen LogP contribution in [0.1, 0.15) is 44.9 Å². The van der Waals surface area contributed by atoms with Gasteiger partial charge in [-0.25, -0.2) is 9.97 Å². The number of rotatable bonds is 1. The maximum atomic E-state index is 5.99. The van der Waals surface area contributed by atoms with E-state index in [2.05, 4.69) is 37.1 Å². The van der Waals surface area contributed by atoms with Crippen molar-refractivity contribution in [2.24, 2.45) is 0 Å². The van der Waals surface area contributed by atoms with E-state index in [0.717, 1.165) is 29.1 Å². The Morgan fingerprint density at radius 2 is 2.00 bits per heavy atom. The topological polar surface area (TPSA) is 56.2 Å². The predicted octanol–water partition coefficient (Wildman–Crippen LogP) is 2.48. The van der Waals surface area contributed by atoms with Crippen molar-refractivity contribution in [3.8, 4) is 0 Å². The Morgan fingerprint density at radius 3 is 2.53 bits per heavy atom. The minimum absolute atomic E-state index is 0.00507. The van der Waals surface area contributed by atoms with E-state index in [1.54, 1.807) is 6.20 Å². The molecule has 4 heteroatoms. The van der Waals surface area contributed by atoms with Crippen molar-refractivity contribution in [1.82, 2.24) is 14.4 Å². The zero-order valence-corrected chi connectivity index (χ0v) is 11.2. The van der Waals surface area contributed by atoms with Gasteiger partial charge in [-0.2, -0.15) is 0 Å². The smallest absolute Gasteiger partial charge is 0.149 e. The van der Waals surface area contributed by atoms with Crippen LogP contribution in [0.25, 0.3) is 5.52 Å². The van der Waals surface area contributed by atoms with Crippen LogP contribution < -0.4 is 5.73 Å². The molecule has 0 aliphatic carbocycles. The second-order valence-corrected chi connectivity index (χ2v) is 5.45. The predicted molar refractivity (Wildman–Crippen MR) is 70.2 cm³/mol. The van der Waals surface area contributed by atoms with Gasteiger partial charge in [0, 0.05) is 17.3 Å². The first-order valence-corrected chi connectivity index (χ1v) is 5.99. The zero-order chi connectivity index (χ0) is 12.8. The Kier molecular flexibility index (Phi) is 2.60. The SMILES string of the molecule is CCc1nc(C(C)(C)C)n2c(C)cnc(N)c12. The Balaban J connectivity index is 2.93. The van der Waals surface area contributed by atoms with Crippen molar-refractivity contribution in [2.45, 2.75) is 46.5 Å². The number of imidazole rings is 1. The fraction of sp³-hybridized carbons (Fsp3) is 0.538. The van der Waals surface area contributed by atoms with Crippen LogP contribution in [0.4, 0.5) is 5.82 Å². The van der Waals surface area contributed by atoms with Gasteiger partial charge < -0.3 is 5.73 Å². The average molecular weight is 232 g/mol. The standard InChI is InChI=1S/C13H20N4/c1-6-9-10-11(14)15-7-8(2)17(10)12(16-9)13(3,4)5/h7H,6H2,1-5H3,(H2,14,15). The molecule has 0 spiro atoms. The van der Waals surface area contributed by atoms with Gasteiger partial charge in [-0.15, -0.1) is 0 Å². The molecule has 0 saturated heterocycles. The normalized spacial score (nSPS) is 12.3.